The molecule has 0 atom stereocenters. The zero-order chi connectivity index (χ0) is 24.5. The van der Waals surface area contributed by atoms with Gasteiger partial charge in [0.1, 0.15) is 0 Å². The number of rotatable bonds is 20. The Morgan fingerprint density at radius 3 is 1.89 bits per heavy atom. The highest BCUT2D eigenvalue weighted by Crippen LogP contribution is 2.19. The predicted molar refractivity (Wildman–Crippen MR) is 149 cm³/mol. The van der Waals surface area contributed by atoms with Crippen LogP contribution in [-0.4, -0.2) is 68.9 Å². The highest BCUT2D eigenvalue weighted by atomic mass is 28.4. The summed E-state index contributed by atoms with van der Waals surface area (Å²) in [5.41, 5.74) is 0. The van der Waals surface area contributed by atoms with Gasteiger partial charge < -0.3 is 28.2 Å². The SMILES string of the molecule is C.C.CCCCCCCCN(CC)c1nc(NC[Si](OCC)(OCC)OCC)nc(OC(C)C)n1. The summed E-state index contributed by atoms with van der Waals surface area (Å²) in [5.74, 6) is 1.06. The van der Waals surface area contributed by atoms with E-state index in [1.165, 1.54) is 32.1 Å². The second-order valence-corrected chi connectivity index (χ2v) is 10.7. The first kappa shape index (κ1) is 35.7. The van der Waals surface area contributed by atoms with Crippen LogP contribution in [0.15, 0.2) is 0 Å². The Morgan fingerprint density at radius 1 is 0.800 bits per heavy atom. The Morgan fingerprint density at radius 2 is 1.37 bits per heavy atom. The van der Waals surface area contributed by atoms with E-state index in [0.29, 0.717) is 43.9 Å². The molecule has 9 nitrogen and oxygen atoms in total. The molecule has 0 radical (unpaired) electrons. The molecule has 1 heterocycles. The molecule has 0 amide bonds. The minimum Gasteiger partial charge on any atom is -0.461 e. The molecule has 1 aromatic heterocycles. The van der Waals surface area contributed by atoms with Crippen LogP contribution in [0.3, 0.4) is 0 Å². The zero-order valence-corrected chi connectivity index (χ0v) is 23.0. The summed E-state index contributed by atoms with van der Waals surface area (Å²) in [6, 6.07) is 0.315. The lowest BCUT2D eigenvalue weighted by Crippen LogP contribution is -2.52. The molecular weight excluding hydrogens is 462 g/mol. The van der Waals surface area contributed by atoms with Gasteiger partial charge in [0.15, 0.2) is 0 Å². The number of ether oxygens (including phenoxy) is 1. The van der Waals surface area contributed by atoms with Gasteiger partial charge in [-0.2, -0.15) is 15.0 Å². The molecule has 0 aromatic carbocycles. The minimum atomic E-state index is -2.88. The lowest BCUT2D eigenvalue weighted by Gasteiger charge is -2.28. The van der Waals surface area contributed by atoms with Crippen LogP contribution in [0.1, 0.15) is 102 Å². The number of hydrogen-bond acceptors (Lipinski definition) is 9. The highest BCUT2D eigenvalue weighted by molar-refractivity contribution is 6.61. The third-order valence-corrected chi connectivity index (χ3v) is 7.74. The molecule has 1 N–H and O–H groups in total. The lowest BCUT2D eigenvalue weighted by molar-refractivity contribution is 0.0740. The predicted octanol–water partition coefficient (Wildman–Crippen LogP) is 6.12. The van der Waals surface area contributed by atoms with E-state index in [2.05, 4.69) is 34.0 Å². The van der Waals surface area contributed by atoms with Gasteiger partial charge in [0.05, 0.1) is 12.3 Å². The summed E-state index contributed by atoms with van der Waals surface area (Å²) in [6.45, 7) is 17.4. The van der Waals surface area contributed by atoms with E-state index in [0.717, 1.165) is 19.5 Å². The number of anilines is 2. The summed E-state index contributed by atoms with van der Waals surface area (Å²) < 4.78 is 23.6. The number of nitrogens with zero attached hydrogens (tertiary/aromatic N) is 4. The maximum atomic E-state index is 5.94. The molecule has 10 heteroatoms. The standard InChI is InChI=1S/C23H47N5O4Si.2CH4/c1-8-13-14-15-16-17-18-28(9-2)22-25-21(26-23(27-22)32-20(6)7)24-19-33(29-10-3,30-11-4)31-12-5;;/h20H,8-19H2,1-7H3,(H,24,25,26,27);2*1H4. The van der Waals surface area contributed by atoms with Gasteiger partial charge in [-0.15, -0.1) is 0 Å². The van der Waals surface area contributed by atoms with Crippen molar-refractivity contribution in [1.82, 2.24) is 15.0 Å². The third kappa shape index (κ3) is 14.0. The fraction of sp³-hybridized carbons (Fsp3) is 0.880. The summed E-state index contributed by atoms with van der Waals surface area (Å²) in [7, 11) is -2.88. The second kappa shape index (κ2) is 20.7. The molecule has 0 aliphatic heterocycles. The fourth-order valence-electron chi connectivity index (χ4n) is 3.44. The average molecular weight is 518 g/mol. The van der Waals surface area contributed by atoms with Crippen LogP contribution in [-0.2, 0) is 13.3 Å². The molecule has 0 saturated heterocycles. The van der Waals surface area contributed by atoms with Crippen LogP contribution >= 0.6 is 0 Å². The average Bonchev–Trinajstić information content (AvgIpc) is 2.77. The van der Waals surface area contributed by atoms with E-state index < -0.39 is 8.80 Å². The molecule has 0 bridgehead atoms. The Kier molecular flexibility index (Phi) is 21.1. The maximum absolute atomic E-state index is 5.94. The molecule has 1 rings (SSSR count). The van der Waals surface area contributed by atoms with Gasteiger partial charge in [0.25, 0.3) is 0 Å². The van der Waals surface area contributed by atoms with Crippen LogP contribution in [0, 0.1) is 0 Å². The van der Waals surface area contributed by atoms with Crippen LogP contribution in [0.4, 0.5) is 11.9 Å². The van der Waals surface area contributed by atoms with Gasteiger partial charge in [-0.1, -0.05) is 53.9 Å². The fourth-order valence-corrected chi connectivity index (χ4v) is 5.69. The number of unbranched alkanes of at least 4 members (excludes halogenated alkanes) is 5. The molecule has 0 fully saturated rings. The van der Waals surface area contributed by atoms with Crippen LogP contribution in [0.5, 0.6) is 6.01 Å². The quantitative estimate of drug-likeness (QED) is 0.162. The van der Waals surface area contributed by atoms with Crippen molar-refractivity contribution in [2.75, 3.05) is 49.3 Å². The second-order valence-electron chi connectivity index (χ2n) is 8.09. The molecule has 1 aromatic rings. The summed E-state index contributed by atoms with van der Waals surface area (Å²) in [6.07, 6.45) is 7.82. The third-order valence-electron chi connectivity index (χ3n) is 4.95. The van der Waals surface area contributed by atoms with E-state index in [1.54, 1.807) is 0 Å². The Balaban J connectivity index is 0. The first-order chi connectivity index (χ1) is 15.9. The number of nitrogens with one attached hydrogen (secondary N) is 1. The normalized spacial score (nSPS) is 11.1. The lowest BCUT2D eigenvalue weighted by atomic mass is 10.1. The van der Waals surface area contributed by atoms with Gasteiger partial charge in [0, 0.05) is 32.9 Å². The zero-order valence-electron chi connectivity index (χ0n) is 22.0. The van der Waals surface area contributed by atoms with Gasteiger partial charge >= 0.3 is 14.8 Å². The van der Waals surface area contributed by atoms with Crippen molar-refractivity contribution < 1.29 is 18.0 Å². The molecule has 0 aliphatic rings. The number of aromatic nitrogens is 3. The highest BCUT2D eigenvalue weighted by Gasteiger charge is 2.40. The van der Waals surface area contributed by atoms with Crippen molar-refractivity contribution >= 4 is 20.7 Å². The largest absolute Gasteiger partial charge is 0.521 e. The van der Waals surface area contributed by atoms with E-state index in [-0.39, 0.29) is 21.0 Å². The van der Waals surface area contributed by atoms with Crippen molar-refractivity contribution in [3.8, 4) is 6.01 Å². The van der Waals surface area contributed by atoms with Gasteiger partial charge in [-0.3, -0.25) is 0 Å². The van der Waals surface area contributed by atoms with Gasteiger partial charge in [0.2, 0.25) is 11.9 Å². The van der Waals surface area contributed by atoms with Crippen LogP contribution in [0.25, 0.3) is 0 Å². The van der Waals surface area contributed by atoms with Crippen LogP contribution < -0.4 is 15.0 Å². The monoisotopic (exact) mass is 517 g/mol. The minimum absolute atomic E-state index is 0. The summed E-state index contributed by atoms with van der Waals surface area (Å²) >= 11 is 0. The first-order valence-electron chi connectivity index (χ1n) is 12.8. The molecule has 0 spiro atoms. The molecular formula is C25H55N5O4Si. The summed E-state index contributed by atoms with van der Waals surface area (Å²) in [4.78, 5) is 15.9. The maximum Gasteiger partial charge on any atom is 0.521 e. The van der Waals surface area contributed by atoms with Crippen molar-refractivity contribution in [2.45, 2.75) is 108 Å². The van der Waals surface area contributed by atoms with E-state index >= 15 is 0 Å². The molecule has 0 aliphatic carbocycles. The smallest absolute Gasteiger partial charge is 0.461 e. The van der Waals surface area contributed by atoms with Gasteiger partial charge in [-0.25, -0.2) is 0 Å². The molecule has 208 valence electrons. The Labute approximate surface area is 217 Å². The molecule has 0 saturated carbocycles. The molecule has 0 unspecified atom stereocenters. The van der Waals surface area contributed by atoms with E-state index in [9.17, 15) is 0 Å². The Hall–Kier alpha value is -1.49. The van der Waals surface area contributed by atoms with Crippen molar-refractivity contribution in [3.63, 3.8) is 0 Å². The Bertz CT molecular complexity index is 623. The van der Waals surface area contributed by atoms with Crippen molar-refractivity contribution in [1.29, 1.82) is 0 Å². The van der Waals surface area contributed by atoms with Crippen molar-refractivity contribution in [2.24, 2.45) is 0 Å². The van der Waals surface area contributed by atoms with Crippen molar-refractivity contribution in [3.05, 3.63) is 0 Å². The number of hydrogen-bond donors (Lipinski definition) is 1. The van der Waals surface area contributed by atoms with E-state index in [1.807, 2.05) is 34.6 Å². The van der Waals surface area contributed by atoms with Crippen LogP contribution in [0.2, 0.25) is 0 Å². The van der Waals surface area contributed by atoms with Gasteiger partial charge in [-0.05, 0) is 48.0 Å². The molecule has 35 heavy (non-hydrogen) atoms. The first-order valence-corrected chi connectivity index (χ1v) is 14.7. The summed E-state index contributed by atoms with van der Waals surface area (Å²) in [5, 5.41) is 3.28. The topological polar surface area (TPSA) is 90.9 Å². The van der Waals surface area contributed by atoms with E-state index in [4.69, 9.17) is 23.0 Å².